The molecule has 6 heteroatoms. The minimum atomic E-state index is -0.794. The third kappa shape index (κ3) is 46.4. The van der Waals surface area contributed by atoms with Crippen molar-refractivity contribution in [2.75, 3.05) is 6.61 Å². The largest absolute Gasteiger partial charge is 0.462 e. The summed E-state index contributed by atoms with van der Waals surface area (Å²) in [6, 6.07) is -0.709. The zero-order chi connectivity index (χ0) is 45.9. The Bertz CT molecular complexity index is 1040. The number of unbranched alkanes of at least 4 members (excludes halogenated alkanes) is 33. The van der Waals surface area contributed by atoms with Crippen molar-refractivity contribution < 1.29 is 24.5 Å². The Hall–Kier alpha value is -1.92. The summed E-state index contributed by atoms with van der Waals surface area (Å²) < 4.78 is 5.94. The quantitative estimate of drug-likeness (QED) is 0.0245. The first-order valence-corrected chi connectivity index (χ1v) is 27.7. The van der Waals surface area contributed by atoms with Crippen molar-refractivity contribution in [3.05, 3.63) is 36.5 Å². The van der Waals surface area contributed by atoms with Crippen LogP contribution in [0.2, 0.25) is 0 Å². The lowest BCUT2D eigenvalue weighted by molar-refractivity contribution is -0.151. The Labute approximate surface area is 392 Å². The van der Waals surface area contributed by atoms with Gasteiger partial charge in [-0.3, -0.25) is 9.59 Å². The molecule has 0 aromatic carbocycles. The standard InChI is InChI=1S/C57H107NO5/c1-4-7-10-13-16-19-22-25-27-29-31-33-36-39-42-45-48-53(63-57(62)50-47-44-41-38-35-32-28-26-23-20-17-14-11-8-5-2)51-56(61)58-54(52-59)55(60)49-46-43-40-37-34-30-24-21-18-15-12-9-6-3/h20,23,27,29,31,33,53-55,59-60H,4-19,21-22,24-26,28,30,32,34-52H2,1-3H3,(H,58,61)/b23-20-,29-27+,33-31+. The fourth-order valence-electron chi connectivity index (χ4n) is 8.48. The number of ether oxygens (including phenoxy) is 1. The topological polar surface area (TPSA) is 95.9 Å². The number of allylic oxidation sites excluding steroid dienone is 6. The van der Waals surface area contributed by atoms with Gasteiger partial charge in [0.15, 0.2) is 0 Å². The lowest BCUT2D eigenvalue weighted by atomic mass is 10.0. The molecule has 0 rings (SSSR count). The van der Waals surface area contributed by atoms with Gasteiger partial charge in [0, 0.05) is 6.42 Å². The molecule has 370 valence electrons. The minimum absolute atomic E-state index is 0.0607. The number of aliphatic hydroxyl groups is 2. The van der Waals surface area contributed by atoms with E-state index in [0.717, 1.165) is 70.6 Å². The monoisotopic (exact) mass is 886 g/mol. The highest BCUT2D eigenvalue weighted by Gasteiger charge is 2.24. The molecule has 3 unspecified atom stereocenters. The summed E-state index contributed by atoms with van der Waals surface area (Å²) in [4.78, 5) is 26.2. The maximum atomic E-state index is 13.2. The second-order valence-corrected chi connectivity index (χ2v) is 19.0. The van der Waals surface area contributed by atoms with Gasteiger partial charge in [-0.15, -0.1) is 0 Å². The Morgan fingerprint density at radius 1 is 0.460 bits per heavy atom. The molecule has 0 aromatic heterocycles. The van der Waals surface area contributed by atoms with E-state index in [2.05, 4.69) is 62.5 Å². The normalized spacial score (nSPS) is 13.4. The van der Waals surface area contributed by atoms with E-state index in [4.69, 9.17) is 4.74 Å². The minimum Gasteiger partial charge on any atom is -0.462 e. The van der Waals surface area contributed by atoms with Gasteiger partial charge in [-0.1, -0.05) is 237 Å². The van der Waals surface area contributed by atoms with Crippen LogP contribution in [0.1, 0.15) is 290 Å². The van der Waals surface area contributed by atoms with Crippen molar-refractivity contribution in [2.45, 2.75) is 309 Å². The van der Waals surface area contributed by atoms with E-state index in [-0.39, 0.29) is 24.9 Å². The maximum Gasteiger partial charge on any atom is 0.306 e. The van der Waals surface area contributed by atoms with Crippen LogP contribution >= 0.6 is 0 Å². The number of esters is 1. The molecule has 0 aromatic rings. The number of nitrogens with one attached hydrogen (secondary N) is 1. The molecule has 3 N–H and O–H groups in total. The first-order valence-electron chi connectivity index (χ1n) is 27.7. The van der Waals surface area contributed by atoms with Crippen LogP contribution in [0.3, 0.4) is 0 Å². The van der Waals surface area contributed by atoms with E-state index in [0.29, 0.717) is 19.3 Å². The average Bonchev–Trinajstić information content (AvgIpc) is 3.28. The Morgan fingerprint density at radius 2 is 0.810 bits per heavy atom. The van der Waals surface area contributed by atoms with Gasteiger partial charge < -0.3 is 20.3 Å². The van der Waals surface area contributed by atoms with Gasteiger partial charge >= 0.3 is 5.97 Å². The summed E-state index contributed by atoms with van der Waals surface area (Å²) in [6.07, 6.45) is 60.6. The Morgan fingerprint density at radius 3 is 1.25 bits per heavy atom. The second-order valence-electron chi connectivity index (χ2n) is 19.0. The van der Waals surface area contributed by atoms with Gasteiger partial charge in [-0.05, 0) is 77.0 Å². The van der Waals surface area contributed by atoms with Crippen LogP contribution in [0.4, 0.5) is 0 Å². The molecule has 0 heterocycles. The van der Waals surface area contributed by atoms with E-state index >= 15 is 0 Å². The fourth-order valence-corrected chi connectivity index (χ4v) is 8.48. The highest BCUT2D eigenvalue weighted by atomic mass is 16.5. The van der Waals surface area contributed by atoms with E-state index < -0.39 is 18.2 Å². The number of carbonyl (C=O) groups is 2. The average molecular weight is 886 g/mol. The van der Waals surface area contributed by atoms with E-state index in [9.17, 15) is 19.8 Å². The molecular formula is C57H107NO5. The van der Waals surface area contributed by atoms with Crippen molar-refractivity contribution >= 4 is 11.9 Å². The fraction of sp³-hybridized carbons (Fsp3) is 0.860. The highest BCUT2D eigenvalue weighted by Crippen LogP contribution is 2.18. The summed E-state index contributed by atoms with van der Waals surface area (Å²) in [5.74, 6) is -0.494. The number of hydrogen-bond acceptors (Lipinski definition) is 5. The number of carbonyl (C=O) groups excluding carboxylic acids is 2. The van der Waals surface area contributed by atoms with Crippen LogP contribution < -0.4 is 5.32 Å². The van der Waals surface area contributed by atoms with E-state index in [1.807, 2.05) is 0 Å². The van der Waals surface area contributed by atoms with Crippen LogP contribution in [0, 0.1) is 0 Å². The molecule has 63 heavy (non-hydrogen) atoms. The van der Waals surface area contributed by atoms with Gasteiger partial charge in [-0.2, -0.15) is 0 Å². The lowest BCUT2D eigenvalue weighted by Gasteiger charge is -2.24. The first kappa shape index (κ1) is 61.1. The molecule has 0 saturated heterocycles. The van der Waals surface area contributed by atoms with E-state index in [1.165, 1.54) is 173 Å². The SMILES string of the molecule is CCCCCC/C=C\CCCCCCCCCC(=O)OC(CCCCC/C=C/C=C/CCCCCCCCC)CC(=O)NC(CO)C(O)CCCCCCCCCCCCCCC. The van der Waals surface area contributed by atoms with Crippen LogP contribution in [0.5, 0.6) is 0 Å². The molecule has 0 bridgehead atoms. The summed E-state index contributed by atoms with van der Waals surface area (Å²) >= 11 is 0. The van der Waals surface area contributed by atoms with E-state index in [1.54, 1.807) is 0 Å². The second kappa shape index (κ2) is 51.1. The third-order valence-corrected chi connectivity index (χ3v) is 12.7. The summed E-state index contributed by atoms with van der Waals surface area (Å²) in [5.41, 5.74) is 0. The smallest absolute Gasteiger partial charge is 0.306 e. The Kier molecular flexibility index (Phi) is 49.5. The predicted molar refractivity (Wildman–Crippen MR) is 273 cm³/mol. The molecule has 0 aliphatic carbocycles. The molecule has 0 radical (unpaired) electrons. The van der Waals surface area contributed by atoms with Crippen molar-refractivity contribution in [2.24, 2.45) is 0 Å². The summed E-state index contributed by atoms with van der Waals surface area (Å²) in [5, 5.41) is 23.8. The maximum absolute atomic E-state index is 13.2. The Balaban J connectivity index is 4.61. The number of hydrogen-bond donors (Lipinski definition) is 3. The van der Waals surface area contributed by atoms with Gasteiger partial charge in [0.05, 0.1) is 25.2 Å². The summed E-state index contributed by atoms with van der Waals surface area (Å²) in [6.45, 7) is 6.48. The third-order valence-electron chi connectivity index (χ3n) is 12.7. The van der Waals surface area contributed by atoms with Crippen LogP contribution in [-0.4, -0.2) is 46.9 Å². The zero-order valence-corrected chi connectivity index (χ0v) is 42.2. The van der Waals surface area contributed by atoms with Crippen molar-refractivity contribution in [3.8, 4) is 0 Å². The van der Waals surface area contributed by atoms with Gasteiger partial charge in [0.25, 0.3) is 0 Å². The summed E-state index contributed by atoms with van der Waals surface area (Å²) in [7, 11) is 0. The molecular weight excluding hydrogens is 779 g/mol. The van der Waals surface area contributed by atoms with Crippen LogP contribution in [0.15, 0.2) is 36.5 Å². The number of amides is 1. The zero-order valence-electron chi connectivity index (χ0n) is 42.2. The van der Waals surface area contributed by atoms with Crippen LogP contribution in [-0.2, 0) is 14.3 Å². The lowest BCUT2D eigenvalue weighted by Crippen LogP contribution is -2.46. The molecule has 0 aliphatic rings. The molecule has 0 spiro atoms. The number of aliphatic hydroxyl groups excluding tert-OH is 2. The molecule has 1 amide bonds. The van der Waals surface area contributed by atoms with Crippen molar-refractivity contribution in [3.63, 3.8) is 0 Å². The molecule has 3 atom stereocenters. The highest BCUT2D eigenvalue weighted by molar-refractivity contribution is 5.77. The van der Waals surface area contributed by atoms with Crippen LogP contribution in [0.25, 0.3) is 0 Å². The van der Waals surface area contributed by atoms with Gasteiger partial charge in [-0.25, -0.2) is 0 Å². The van der Waals surface area contributed by atoms with Gasteiger partial charge in [0.2, 0.25) is 5.91 Å². The molecule has 6 nitrogen and oxygen atoms in total. The molecule has 0 fully saturated rings. The first-order chi connectivity index (χ1) is 31.0. The number of rotatable bonds is 50. The molecule has 0 aliphatic heterocycles. The van der Waals surface area contributed by atoms with Crippen molar-refractivity contribution in [1.29, 1.82) is 0 Å². The molecule has 0 saturated carbocycles. The van der Waals surface area contributed by atoms with Crippen molar-refractivity contribution in [1.82, 2.24) is 5.32 Å². The predicted octanol–water partition coefficient (Wildman–Crippen LogP) is 16.8. The van der Waals surface area contributed by atoms with Gasteiger partial charge in [0.1, 0.15) is 6.10 Å².